The van der Waals surface area contributed by atoms with Crippen molar-refractivity contribution in [2.45, 2.75) is 76.3 Å². The fourth-order valence-corrected chi connectivity index (χ4v) is 8.30. The second-order valence-electron chi connectivity index (χ2n) is 10.8. The van der Waals surface area contributed by atoms with Gasteiger partial charge in [-0.3, -0.25) is 14.2 Å². The van der Waals surface area contributed by atoms with Crippen LogP contribution >= 0.6 is 18.9 Å². The normalized spacial score (nSPS) is 20.8. The number of nitrogens with one attached hydrogen (secondary N) is 1. The maximum absolute atomic E-state index is 15.3. The standard InChI is InChI=1S/C31H35F2N2O7PS/c1-3-41-43(39,42-4-2)31(32,33)22-13-16-26-21(17-22)18-27(44-26)28(36)34-24-12-8-11-23-14-15-25(35(23)29(24)37)30(38)40-19-20-9-6-5-7-10-20/h5-7,9-10,13,16-18,23-25H,3-4,8,11-12,14-15,19H2,1-2H3,(H,34,36)/t23-,24-,25-/m0/s1. The van der Waals surface area contributed by atoms with Crippen LogP contribution in [0.25, 0.3) is 10.1 Å². The third-order valence-electron chi connectivity index (χ3n) is 7.92. The Balaban J connectivity index is 1.30. The lowest BCUT2D eigenvalue weighted by Gasteiger charge is -2.30. The zero-order valence-electron chi connectivity index (χ0n) is 24.5. The van der Waals surface area contributed by atoms with Crippen molar-refractivity contribution in [1.29, 1.82) is 0 Å². The van der Waals surface area contributed by atoms with Crippen molar-refractivity contribution in [3.05, 3.63) is 70.6 Å². The maximum atomic E-state index is 15.3. The van der Waals surface area contributed by atoms with Gasteiger partial charge in [-0.1, -0.05) is 36.4 Å². The number of esters is 1. The van der Waals surface area contributed by atoms with E-state index in [0.29, 0.717) is 42.2 Å². The van der Waals surface area contributed by atoms with Gasteiger partial charge in [0.15, 0.2) is 0 Å². The number of benzene rings is 2. The van der Waals surface area contributed by atoms with Gasteiger partial charge in [-0.05, 0) is 75.1 Å². The van der Waals surface area contributed by atoms with Gasteiger partial charge in [-0.2, -0.15) is 8.78 Å². The van der Waals surface area contributed by atoms with E-state index in [2.05, 4.69) is 5.32 Å². The van der Waals surface area contributed by atoms with Crippen LogP contribution in [0.1, 0.15) is 66.8 Å². The Morgan fingerprint density at radius 3 is 2.45 bits per heavy atom. The Bertz CT molecular complexity index is 1560. The average molecular weight is 649 g/mol. The molecule has 13 heteroatoms. The molecule has 2 saturated heterocycles. The van der Waals surface area contributed by atoms with Gasteiger partial charge in [0.1, 0.15) is 18.7 Å². The highest BCUT2D eigenvalue weighted by molar-refractivity contribution is 7.54. The maximum Gasteiger partial charge on any atom is 0.404 e. The summed E-state index contributed by atoms with van der Waals surface area (Å²) in [6.45, 7) is 2.58. The van der Waals surface area contributed by atoms with E-state index in [4.69, 9.17) is 13.8 Å². The summed E-state index contributed by atoms with van der Waals surface area (Å²) in [5.74, 6) is -1.31. The second kappa shape index (κ2) is 13.4. The molecule has 44 heavy (non-hydrogen) atoms. The lowest BCUT2D eigenvalue weighted by atomic mass is 10.1. The number of ether oxygens (including phenoxy) is 1. The van der Waals surface area contributed by atoms with Crippen LogP contribution < -0.4 is 5.32 Å². The minimum absolute atomic E-state index is 0.104. The van der Waals surface area contributed by atoms with Crippen molar-refractivity contribution >= 4 is 46.8 Å². The summed E-state index contributed by atoms with van der Waals surface area (Å²) in [6, 6.07) is 12.8. The number of thiophene rings is 1. The number of halogens is 2. The molecule has 3 aromatic rings. The largest absolute Gasteiger partial charge is 0.459 e. The van der Waals surface area contributed by atoms with E-state index in [-0.39, 0.29) is 36.6 Å². The number of carbonyl (C=O) groups excluding carboxylic acids is 3. The third kappa shape index (κ3) is 6.44. The predicted molar refractivity (Wildman–Crippen MR) is 162 cm³/mol. The van der Waals surface area contributed by atoms with E-state index in [0.717, 1.165) is 23.0 Å². The molecule has 0 unspecified atom stereocenters. The molecule has 0 spiro atoms. The molecule has 0 saturated carbocycles. The Labute approximate surface area is 258 Å². The van der Waals surface area contributed by atoms with Gasteiger partial charge in [0, 0.05) is 16.3 Å². The van der Waals surface area contributed by atoms with Gasteiger partial charge < -0.3 is 24.0 Å². The monoisotopic (exact) mass is 648 g/mol. The van der Waals surface area contributed by atoms with E-state index < -0.39 is 42.8 Å². The van der Waals surface area contributed by atoms with Crippen LogP contribution in [-0.2, 0) is 40.2 Å². The molecule has 2 amide bonds. The topological polar surface area (TPSA) is 111 Å². The zero-order valence-corrected chi connectivity index (χ0v) is 26.2. The van der Waals surface area contributed by atoms with E-state index in [1.54, 1.807) is 4.90 Å². The first-order chi connectivity index (χ1) is 21.1. The zero-order chi connectivity index (χ0) is 31.5. The molecule has 1 aromatic heterocycles. The predicted octanol–water partition coefficient (Wildman–Crippen LogP) is 6.60. The summed E-state index contributed by atoms with van der Waals surface area (Å²) in [6.07, 6.45) is 2.99. The SMILES string of the molecule is CCOP(=O)(OCC)C(F)(F)c1ccc2sc(C(=O)N[C@H]3CCC[C@H]4CC[C@@H](C(=O)OCc5ccccc5)N4C3=O)cc2c1. The Kier molecular flexibility index (Phi) is 9.84. The van der Waals surface area contributed by atoms with E-state index in [1.807, 2.05) is 30.3 Å². The molecule has 2 fully saturated rings. The van der Waals surface area contributed by atoms with Gasteiger partial charge in [-0.25, -0.2) is 4.79 Å². The molecule has 0 aliphatic carbocycles. The first-order valence-corrected chi connectivity index (χ1v) is 17.1. The second-order valence-corrected chi connectivity index (χ2v) is 13.9. The lowest BCUT2D eigenvalue weighted by Crippen LogP contribution is -2.52. The van der Waals surface area contributed by atoms with E-state index >= 15 is 8.78 Å². The average Bonchev–Trinajstić information content (AvgIpc) is 3.60. The summed E-state index contributed by atoms with van der Waals surface area (Å²) >= 11 is 1.09. The fraction of sp³-hybridized carbons (Fsp3) is 0.452. The van der Waals surface area contributed by atoms with Crippen molar-refractivity contribution in [1.82, 2.24) is 10.2 Å². The molecule has 9 nitrogen and oxygen atoms in total. The number of alkyl halides is 2. The Morgan fingerprint density at radius 1 is 1.02 bits per heavy atom. The number of carbonyl (C=O) groups is 3. The summed E-state index contributed by atoms with van der Waals surface area (Å²) in [4.78, 5) is 41.8. The molecule has 3 atom stereocenters. The highest BCUT2D eigenvalue weighted by atomic mass is 32.1. The molecule has 0 bridgehead atoms. The van der Waals surface area contributed by atoms with Crippen molar-refractivity contribution in [2.75, 3.05) is 13.2 Å². The van der Waals surface area contributed by atoms with E-state index in [9.17, 15) is 18.9 Å². The summed E-state index contributed by atoms with van der Waals surface area (Å²) in [5, 5.41) is 3.17. The number of rotatable bonds is 11. The lowest BCUT2D eigenvalue weighted by molar-refractivity contribution is -0.156. The first-order valence-electron chi connectivity index (χ1n) is 14.7. The minimum Gasteiger partial charge on any atom is -0.459 e. The quantitative estimate of drug-likeness (QED) is 0.184. The first kappa shape index (κ1) is 32.2. The van der Waals surface area contributed by atoms with Crippen molar-refractivity contribution < 1.29 is 41.5 Å². The van der Waals surface area contributed by atoms with Crippen LogP contribution in [0.15, 0.2) is 54.6 Å². The van der Waals surface area contributed by atoms with Crippen LogP contribution in [0.3, 0.4) is 0 Å². The number of fused-ring (bicyclic) bond motifs is 2. The highest BCUT2D eigenvalue weighted by Gasteiger charge is 2.55. The molecule has 1 N–H and O–H groups in total. The van der Waals surface area contributed by atoms with Gasteiger partial charge in [0.25, 0.3) is 5.91 Å². The van der Waals surface area contributed by atoms with Crippen LogP contribution in [0.4, 0.5) is 8.78 Å². The van der Waals surface area contributed by atoms with E-state index in [1.165, 1.54) is 32.0 Å². The number of nitrogens with zero attached hydrogens (tertiary/aromatic N) is 1. The van der Waals surface area contributed by atoms with Crippen LogP contribution in [0.5, 0.6) is 0 Å². The van der Waals surface area contributed by atoms with Gasteiger partial charge >= 0.3 is 19.2 Å². The van der Waals surface area contributed by atoms with Crippen molar-refractivity contribution in [3.63, 3.8) is 0 Å². The molecular formula is C31H35F2N2O7PS. The van der Waals surface area contributed by atoms with Crippen LogP contribution in [-0.4, -0.2) is 54.0 Å². The Morgan fingerprint density at radius 2 is 1.75 bits per heavy atom. The number of hydrogen-bond donors (Lipinski definition) is 1. The fourth-order valence-electron chi connectivity index (χ4n) is 5.82. The molecular weight excluding hydrogens is 613 g/mol. The van der Waals surface area contributed by atoms with Crippen LogP contribution in [0, 0.1) is 0 Å². The number of hydrogen-bond acceptors (Lipinski definition) is 8. The molecule has 236 valence electrons. The van der Waals surface area contributed by atoms with Crippen LogP contribution in [0.2, 0.25) is 0 Å². The molecule has 2 aromatic carbocycles. The molecule has 0 radical (unpaired) electrons. The molecule has 5 rings (SSSR count). The smallest absolute Gasteiger partial charge is 0.404 e. The Hall–Kier alpha value is -3.18. The van der Waals surface area contributed by atoms with Gasteiger partial charge in [-0.15, -0.1) is 11.3 Å². The van der Waals surface area contributed by atoms with Crippen molar-refractivity contribution in [2.24, 2.45) is 0 Å². The van der Waals surface area contributed by atoms with Gasteiger partial charge in [0.2, 0.25) is 5.91 Å². The molecule has 2 aliphatic heterocycles. The summed E-state index contributed by atoms with van der Waals surface area (Å²) in [5.41, 5.74) is -3.61. The summed E-state index contributed by atoms with van der Waals surface area (Å²) in [7, 11) is -4.80. The summed E-state index contributed by atoms with van der Waals surface area (Å²) < 4.78 is 59.4. The molecule has 2 aliphatic rings. The minimum atomic E-state index is -4.80. The molecule has 3 heterocycles. The highest BCUT2D eigenvalue weighted by Crippen LogP contribution is 2.67. The van der Waals surface area contributed by atoms with Crippen molar-refractivity contribution in [3.8, 4) is 0 Å². The third-order valence-corrected chi connectivity index (χ3v) is 11.2. The van der Waals surface area contributed by atoms with Gasteiger partial charge in [0.05, 0.1) is 18.1 Å². The number of amides is 2.